The molecular weight excluding hydrogens is 164 g/mol. The van der Waals surface area contributed by atoms with Gasteiger partial charge in [0.2, 0.25) is 0 Å². The lowest BCUT2D eigenvalue weighted by Crippen LogP contribution is -2.59. The SMILES string of the molecule is CC(C)N1CC[C@H]2OCCN[C@H]2C1. The van der Waals surface area contributed by atoms with Gasteiger partial charge in [-0.15, -0.1) is 0 Å². The fraction of sp³-hybridized carbons (Fsp3) is 1.00. The van der Waals surface area contributed by atoms with Crippen molar-refractivity contribution in [3.05, 3.63) is 0 Å². The molecule has 13 heavy (non-hydrogen) atoms. The summed E-state index contributed by atoms with van der Waals surface area (Å²) in [6.45, 7) is 8.80. The molecular formula is C10H20N2O. The summed E-state index contributed by atoms with van der Waals surface area (Å²) in [6, 6.07) is 1.24. The number of rotatable bonds is 1. The molecule has 76 valence electrons. The van der Waals surface area contributed by atoms with E-state index in [9.17, 15) is 0 Å². The number of hydrogen-bond donors (Lipinski definition) is 1. The molecule has 2 saturated heterocycles. The molecule has 2 heterocycles. The number of morpholine rings is 1. The van der Waals surface area contributed by atoms with Gasteiger partial charge in [-0.3, -0.25) is 4.90 Å². The average molecular weight is 184 g/mol. The third kappa shape index (κ3) is 2.03. The van der Waals surface area contributed by atoms with Gasteiger partial charge in [-0.05, 0) is 20.3 Å². The molecule has 0 unspecified atom stereocenters. The van der Waals surface area contributed by atoms with E-state index in [1.165, 1.54) is 13.0 Å². The molecule has 2 rings (SSSR count). The highest BCUT2D eigenvalue weighted by atomic mass is 16.5. The maximum Gasteiger partial charge on any atom is 0.0753 e. The van der Waals surface area contributed by atoms with E-state index in [0.29, 0.717) is 18.2 Å². The van der Waals surface area contributed by atoms with Gasteiger partial charge in [0.25, 0.3) is 0 Å². The molecule has 0 radical (unpaired) electrons. The van der Waals surface area contributed by atoms with Gasteiger partial charge in [0.15, 0.2) is 0 Å². The predicted octanol–water partition coefficient (Wildman–Crippen LogP) is 0.457. The van der Waals surface area contributed by atoms with Crippen LogP contribution in [0.25, 0.3) is 0 Å². The maximum absolute atomic E-state index is 5.72. The van der Waals surface area contributed by atoms with Crippen molar-refractivity contribution in [1.82, 2.24) is 10.2 Å². The van der Waals surface area contributed by atoms with E-state index in [0.717, 1.165) is 19.7 Å². The summed E-state index contributed by atoms with van der Waals surface area (Å²) < 4.78 is 5.72. The minimum atomic E-state index is 0.476. The second kappa shape index (κ2) is 3.95. The Kier molecular flexibility index (Phi) is 2.86. The first kappa shape index (κ1) is 9.44. The van der Waals surface area contributed by atoms with Crippen LogP contribution in [0.2, 0.25) is 0 Å². The summed E-state index contributed by atoms with van der Waals surface area (Å²) in [5, 5.41) is 3.54. The number of nitrogens with one attached hydrogen (secondary N) is 1. The molecule has 0 saturated carbocycles. The number of fused-ring (bicyclic) bond motifs is 1. The van der Waals surface area contributed by atoms with Crippen molar-refractivity contribution in [2.24, 2.45) is 0 Å². The Balaban J connectivity index is 1.91. The van der Waals surface area contributed by atoms with Crippen LogP contribution in [0.5, 0.6) is 0 Å². The van der Waals surface area contributed by atoms with Gasteiger partial charge < -0.3 is 10.1 Å². The van der Waals surface area contributed by atoms with Crippen LogP contribution in [-0.2, 0) is 4.74 Å². The molecule has 2 aliphatic rings. The Morgan fingerprint density at radius 2 is 2.31 bits per heavy atom. The molecule has 0 aromatic carbocycles. The van der Waals surface area contributed by atoms with Crippen molar-refractivity contribution in [2.45, 2.75) is 38.5 Å². The smallest absolute Gasteiger partial charge is 0.0753 e. The molecule has 0 aliphatic carbocycles. The van der Waals surface area contributed by atoms with E-state index >= 15 is 0 Å². The van der Waals surface area contributed by atoms with E-state index in [1.54, 1.807) is 0 Å². The quantitative estimate of drug-likeness (QED) is 0.640. The summed E-state index contributed by atoms with van der Waals surface area (Å²) in [4.78, 5) is 2.53. The third-order valence-electron chi connectivity index (χ3n) is 3.15. The molecule has 0 bridgehead atoms. The van der Waals surface area contributed by atoms with E-state index < -0.39 is 0 Å². The van der Waals surface area contributed by atoms with Crippen molar-refractivity contribution >= 4 is 0 Å². The molecule has 1 N–H and O–H groups in total. The molecule has 0 aromatic heterocycles. The third-order valence-corrected chi connectivity index (χ3v) is 3.15. The van der Waals surface area contributed by atoms with Gasteiger partial charge in [-0.25, -0.2) is 0 Å². The normalized spacial score (nSPS) is 36.2. The molecule has 2 fully saturated rings. The number of ether oxygens (including phenoxy) is 1. The zero-order valence-electron chi connectivity index (χ0n) is 8.62. The minimum absolute atomic E-state index is 0.476. The Morgan fingerprint density at radius 3 is 3.08 bits per heavy atom. The largest absolute Gasteiger partial charge is 0.375 e. The van der Waals surface area contributed by atoms with Crippen molar-refractivity contribution in [3.8, 4) is 0 Å². The number of likely N-dealkylation sites (tertiary alicyclic amines) is 1. The zero-order valence-corrected chi connectivity index (χ0v) is 8.62. The van der Waals surface area contributed by atoms with E-state index in [4.69, 9.17) is 4.74 Å². The monoisotopic (exact) mass is 184 g/mol. The topological polar surface area (TPSA) is 24.5 Å². The van der Waals surface area contributed by atoms with Crippen molar-refractivity contribution in [1.29, 1.82) is 0 Å². The van der Waals surface area contributed by atoms with Crippen LogP contribution < -0.4 is 5.32 Å². The van der Waals surface area contributed by atoms with Gasteiger partial charge in [0.1, 0.15) is 0 Å². The van der Waals surface area contributed by atoms with Crippen LogP contribution in [-0.4, -0.2) is 49.3 Å². The lowest BCUT2D eigenvalue weighted by Gasteiger charge is -2.43. The number of nitrogens with zero attached hydrogens (tertiary/aromatic N) is 1. The molecule has 3 nitrogen and oxygen atoms in total. The lowest BCUT2D eigenvalue weighted by atomic mass is 9.99. The van der Waals surface area contributed by atoms with Crippen molar-refractivity contribution in [2.75, 3.05) is 26.2 Å². The van der Waals surface area contributed by atoms with E-state index in [1.807, 2.05) is 0 Å². The summed E-state index contributed by atoms with van der Waals surface area (Å²) in [7, 11) is 0. The van der Waals surface area contributed by atoms with Crippen molar-refractivity contribution < 1.29 is 4.74 Å². The Hall–Kier alpha value is -0.120. The van der Waals surface area contributed by atoms with Crippen molar-refractivity contribution in [3.63, 3.8) is 0 Å². The molecule has 2 atom stereocenters. The van der Waals surface area contributed by atoms with Gasteiger partial charge in [-0.1, -0.05) is 0 Å². The average Bonchev–Trinajstić information content (AvgIpc) is 2.17. The van der Waals surface area contributed by atoms with Crippen LogP contribution in [0.15, 0.2) is 0 Å². The van der Waals surface area contributed by atoms with Crippen LogP contribution >= 0.6 is 0 Å². The maximum atomic E-state index is 5.72. The molecule has 2 aliphatic heterocycles. The highest BCUT2D eigenvalue weighted by Gasteiger charge is 2.32. The second-order valence-electron chi connectivity index (χ2n) is 4.35. The molecule has 3 heteroatoms. The molecule has 0 amide bonds. The zero-order chi connectivity index (χ0) is 9.26. The Morgan fingerprint density at radius 1 is 1.46 bits per heavy atom. The fourth-order valence-electron chi connectivity index (χ4n) is 2.27. The van der Waals surface area contributed by atoms with Crippen LogP contribution in [0.1, 0.15) is 20.3 Å². The van der Waals surface area contributed by atoms with Crippen LogP contribution in [0.4, 0.5) is 0 Å². The first-order valence-corrected chi connectivity index (χ1v) is 5.36. The highest BCUT2D eigenvalue weighted by Crippen LogP contribution is 2.18. The van der Waals surface area contributed by atoms with Crippen LogP contribution in [0, 0.1) is 0 Å². The second-order valence-corrected chi connectivity index (χ2v) is 4.35. The van der Waals surface area contributed by atoms with Crippen LogP contribution in [0.3, 0.4) is 0 Å². The van der Waals surface area contributed by atoms with Gasteiger partial charge in [-0.2, -0.15) is 0 Å². The summed E-state index contributed by atoms with van der Waals surface area (Å²) in [6.07, 6.45) is 1.67. The Bertz CT molecular complexity index is 172. The Labute approximate surface area is 80.4 Å². The predicted molar refractivity (Wildman–Crippen MR) is 52.9 cm³/mol. The van der Waals surface area contributed by atoms with Gasteiger partial charge >= 0.3 is 0 Å². The number of piperidine rings is 1. The fourth-order valence-corrected chi connectivity index (χ4v) is 2.27. The lowest BCUT2D eigenvalue weighted by molar-refractivity contribution is -0.0480. The first-order valence-electron chi connectivity index (χ1n) is 5.36. The standard InChI is InChI=1S/C10H20N2O/c1-8(2)12-5-3-10-9(7-12)11-4-6-13-10/h8-11H,3-7H2,1-2H3/t9-,10+/m0/s1. The number of hydrogen-bond acceptors (Lipinski definition) is 3. The van der Waals surface area contributed by atoms with E-state index in [-0.39, 0.29) is 0 Å². The van der Waals surface area contributed by atoms with E-state index in [2.05, 4.69) is 24.1 Å². The summed E-state index contributed by atoms with van der Waals surface area (Å²) >= 11 is 0. The molecule has 0 spiro atoms. The summed E-state index contributed by atoms with van der Waals surface area (Å²) in [5.74, 6) is 0. The highest BCUT2D eigenvalue weighted by molar-refractivity contribution is 4.89. The molecule has 0 aromatic rings. The first-order chi connectivity index (χ1) is 6.27. The van der Waals surface area contributed by atoms with Gasteiger partial charge in [0.05, 0.1) is 12.7 Å². The summed E-state index contributed by atoms with van der Waals surface area (Å²) in [5.41, 5.74) is 0. The minimum Gasteiger partial charge on any atom is -0.375 e. The van der Waals surface area contributed by atoms with Gasteiger partial charge in [0, 0.05) is 31.7 Å².